The molecule has 0 radical (unpaired) electrons. The molecule has 0 fully saturated rings. The van der Waals surface area contributed by atoms with Crippen LogP contribution in [0.4, 0.5) is 0 Å². The van der Waals surface area contributed by atoms with E-state index in [4.69, 9.17) is 4.98 Å². The molecule has 30 heavy (non-hydrogen) atoms. The van der Waals surface area contributed by atoms with Crippen molar-refractivity contribution < 1.29 is 4.79 Å². The van der Waals surface area contributed by atoms with Crippen LogP contribution in [0, 0.1) is 13.8 Å². The Kier molecular flexibility index (Phi) is 4.87. The topological polar surface area (TPSA) is 60.2 Å². The standard InChI is InChI=1S/C24H22N4OS/c1-15-6-8-18(9-7-15)19-11-21-20(22(29)12-19)13-28-23(25-21)26-24(27-28)30-14-17-5-3-4-16(2)10-17/h3-10,13,19H,11-12,14H2,1-2H3/t19-/m0/s1. The summed E-state index contributed by atoms with van der Waals surface area (Å²) in [5.74, 6) is 1.64. The number of aryl methyl sites for hydroxylation is 2. The average Bonchev–Trinajstić information content (AvgIpc) is 3.13. The van der Waals surface area contributed by atoms with Crippen LogP contribution in [0.15, 0.2) is 59.9 Å². The van der Waals surface area contributed by atoms with Gasteiger partial charge in [0.2, 0.25) is 5.16 Å². The highest BCUT2D eigenvalue weighted by Gasteiger charge is 2.28. The highest BCUT2D eigenvalue weighted by molar-refractivity contribution is 7.98. The van der Waals surface area contributed by atoms with Crippen LogP contribution in [0.25, 0.3) is 5.78 Å². The van der Waals surface area contributed by atoms with Crippen LogP contribution in [-0.2, 0) is 12.2 Å². The van der Waals surface area contributed by atoms with Crippen molar-refractivity contribution in [2.45, 2.75) is 43.5 Å². The Morgan fingerprint density at radius 3 is 2.67 bits per heavy atom. The summed E-state index contributed by atoms with van der Waals surface area (Å²) < 4.78 is 1.64. The minimum absolute atomic E-state index is 0.126. The summed E-state index contributed by atoms with van der Waals surface area (Å²) in [5.41, 5.74) is 6.39. The third kappa shape index (κ3) is 3.75. The van der Waals surface area contributed by atoms with E-state index in [1.54, 1.807) is 22.5 Å². The molecule has 0 saturated carbocycles. The summed E-state index contributed by atoms with van der Waals surface area (Å²) in [7, 11) is 0. The molecule has 5 rings (SSSR count). The second-order valence-electron chi connectivity index (χ2n) is 7.96. The number of nitrogens with zero attached hydrogens (tertiary/aromatic N) is 4. The van der Waals surface area contributed by atoms with Crippen molar-refractivity contribution in [3.05, 3.63) is 88.2 Å². The molecule has 4 aromatic rings. The Labute approximate surface area is 179 Å². The van der Waals surface area contributed by atoms with Gasteiger partial charge in [-0.15, -0.1) is 5.10 Å². The maximum Gasteiger partial charge on any atom is 0.253 e. The van der Waals surface area contributed by atoms with Crippen molar-refractivity contribution in [1.29, 1.82) is 0 Å². The smallest absolute Gasteiger partial charge is 0.253 e. The van der Waals surface area contributed by atoms with E-state index in [1.807, 2.05) is 0 Å². The lowest BCUT2D eigenvalue weighted by Gasteiger charge is -2.23. The van der Waals surface area contributed by atoms with Gasteiger partial charge in [0.1, 0.15) is 0 Å². The lowest BCUT2D eigenvalue weighted by molar-refractivity contribution is 0.0962. The molecule has 2 aromatic heterocycles. The van der Waals surface area contributed by atoms with Crippen molar-refractivity contribution in [1.82, 2.24) is 19.6 Å². The van der Waals surface area contributed by atoms with Gasteiger partial charge in [-0.3, -0.25) is 4.79 Å². The Morgan fingerprint density at radius 2 is 1.87 bits per heavy atom. The third-order valence-corrected chi connectivity index (χ3v) is 6.47. The first kappa shape index (κ1) is 19.0. The van der Waals surface area contributed by atoms with Crippen LogP contribution in [0.5, 0.6) is 0 Å². The van der Waals surface area contributed by atoms with Gasteiger partial charge in [0, 0.05) is 18.4 Å². The van der Waals surface area contributed by atoms with Crippen LogP contribution in [0.3, 0.4) is 0 Å². The fourth-order valence-electron chi connectivity index (χ4n) is 3.95. The van der Waals surface area contributed by atoms with Gasteiger partial charge in [-0.25, -0.2) is 9.50 Å². The van der Waals surface area contributed by atoms with Crippen LogP contribution >= 0.6 is 11.8 Å². The minimum atomic E-state index is 0.126. The molecule has 0 unspecified atom stereocenters. The maximum absolute atomic E-state index is 12.8. The van der Waals surface area contributed by atoms with Crippen molar-refractivity contribution >= 4 is 23.3 Å². The first-order chi connectivity index (χ1) is 14.5. The van der Waals surface area contributed by atoms with Crippen molar-refractivity contribution in [2.24, 2.45) is 0 Å². The van der Waals surface area contributed by atoms with Gasteiger partial charge in [0.25, 0.3) is 5.78 Å². The number of thioether (sulfide) groups is 1. The fourth-order valence-corrected chi connectivity index (χ4v) is 4.72. The van der Waals surface area contributed by atoms with E-state index in [2.05, 4.69) is 72.5 Å². The average molecular weight is 415 g/mol. The number of carbonyl (C=O) groups is 1. The van der Waals surface area contributed by atoms with Crippen molar-refractivity contribution in [3.8, 4) is 0 Å². The molecular weight excluding hydrogens is 392 g/mol. The van der Waals surface area contributed by atoms with Gasteiger partial charge < -0.3 is 0 Å². The number of hydrogen-bond acceptors (Lipinski definition) is 5. The van der Waals surface area contributed by atoms with Crippen LogP contribution in [0.1, 0.15) is 50.6 Å². The molecule has 0 spiro atoms. The van der Waals surface area contributed by atoms with E-state index < -0.39 is 0 Å². The summed E-state index contributed by atoms with van der Waals surface area (Å²) in [6.07, 6.45) is 3.06. The molecule has 1 atom stereocenters. The van der Waals surface area contributed by atoms with Crippen LogP contribution in [0.2, 0.25) is 0 Å². The Bertz CT molecular complexity index is 1250. The van der Waals surface area contributed by atoms with E-state index in [-0.39, 0.29) is 11.7 Å². The van der Waals surface area contributed by atoms with Gasteiger partial charge in [-0.1, -0.05) is 71.4 Å². The maximum atomic E-state index is 12.8. The van der Waals surface area contributed by atoms with Crippen molar-refractivity contribution in [3.63, 3.8) is 0 Å². The van der Waals surface area contributed by atoms with E-state index in [0.717, 1.165) is 17.9 Å². The largest absolute Gasteiger partial charge is 0.294 e. The SMILES string of the molecule is Cc1ccc([C@@H]2CC(=O)c3cn4nc(SCc5cccc(C)c5)nc4nc3C2)cc1. The number of rotatable bonds is 4. The molecule has 0 N–H and O–H groups in total. The van der Waals surface area contributed by atoms with Gasteiger partial charge in [0.15, 0.2) is 5.78 Å². The lowest BCUT2D eigenvalue weighted by Crippen LogP contribution is -2.21. The van der Waals surface area contributed by atoms with E-state index >= 15 is 0 Å². The number of aromatic nitrogens is 4. The molecule has 150 valence electrons. The zero-order valence-electron chi connectivity index (χ0n) is 17.0. The first-order valence-corrected chi connectivity index (χ1v) is 11.1. The third-order valence-electron chi connectivity index (χ3n) is 5.56. The molecule has 5 nitrogen and oxygen atoms in total. The van der Waals surface area contributed by atoms with Crippen LogP contribution in [-0.4, -0.2) is 25.4 Å². The minimum Gasteiger partial charge on any atom is -0.294 e. The number of fused-ring (bicyclic) bond motifs is 2. The molecule has 0 amide bonds. The molecule has 0 bridgehead atoms. The van der Waals surface area contributed by atoms with Gasteiger partial charge in [-0.05, 0) is 37.3 Å². The Hall–Kier alpha value is -2.99. The zero-order chi connectivity index (χ0) is 20.7. The first-order valence-electron chi connectivity index (χ1n) is 10.1. The van der Waals surface area contributed by atoms with E-state index in [0.29, 0.717) is 22.9 Å². The molecule has 6 heteroatoms. The second kappa shape index (κ2) is 7.69. The molecule has 1 aliphatic carbocycles. The second-order valence-corrected chi connectivity index (χ2v) is 8.90. The highest BCUT2D eigenvalue weighted by atomic mass is 32.2. The number of hydrogen-bond donors (Lipinski definition) is 0. The molecular formula is C24H22N4OS. The normalized spacial score (nSPS) is 16.1. The predicted octanol–water partition coefficient (Wildman–Crippen LogP) is 4.95. The van der Waals surface area contributed by atoms with E-state index in [9.17, 15) is 4.79 Å². The summed E-state index contributed by atoms with van der Waals surface area (Å²) in [6.45, 7) is 4.16. The summed E-state index contributed by atoms with van der Waals surface area (Å²) in [4.78, 5) is 22.1. The summed E-state index contributed by atoms with van der Waals surface area (Å²) >= 11 is 1.58. The lowest BCUT2D eigenvalue weighted by atomic mass is 9.82. The Balaban J connectivity index is 1.40. The Morgan fingerprint density at radius 1 is 1.03 bits per heavy atom. The monoisotopic (exact) mass is 414 g/mol. The van der Waals surface area contributed by atoms with Gasteiger partial charge in [0.05, 0.1) is 11.3 Å². The van der Waals surface area contributed by atoms with E-state index in [1.165, 1.54) is 22.3 Å². The summed E-state index contributed by atoms with van der Waals surface area (Å²) in [6, 6.07) is 16.9. The van der Waals surface area contributed by atoms with Crippen molar-refractivity contribution in [2.75, 3.05) is 0 Å². The summed E-state index contributed by atoms with van der Waals surface area (Å²) in [5, 5.41) is 5.21. The zero-order valence-corrected chi connectivity index (χ0v) is 17.8. The molecule has 0 aliphatic heterocycles. The van der Waals surface area contributed by atoms with Crippen LogP contribution < -0.4 is 0 Å². The fraction of sp³-hybridized carbons (Fsp3) is 0.250. The van der Waals surface area contributed by atoms with Gasteiger partial charge in [-0.2, -0.15) is 4.98 Å². The molecule has 2 aromatic carbocycles. The molecule has 0 saturated heterocycles. The van der Waals surface area contributed by atoms with Gasteiger partial charge >= 0.3 is 0 Å². The quantitative estimate of drug-likeness (QED) is 0.442. The highest BCUT2D eigenvalue weighted by Crippen LogP contribution is 2.32. The molecule has 1 aliphatic rings. The predicted molar refractivity (Wildman–Crippen MR) is 118 cm³/mol. The molecule has 2 heterocycles. The number of ketones is 1. The number of Topliss-reactive ketones (excluding diaryl/α,β-unsaturated/α-hetero) is 1. The number of benzene rings is 2. The number of carbonyl (C=O) groups excluding carboxylic acids is 1.